The molecule has 0 heterocycles. The third-order valence-electron chi connectivity index (χ3n) is 3.63. The van der Waals surface area contributed by atoms with E-state index in [1.54, 1.807) is 7.11 Å². The second kappa shape index (κ2) is 6.42. The molecule has 0 spiro atoms. The molecule has 1 fully saturated rings. The monoisotopic (exact) mass is 325 g/mol. The molecule has 0 bridgehead atoms. The van der Waals surface area contributed by atoms with Crippen molar-refractivity contribution >= 4 is 21.8 Å². The van der Waals surface area contributed by atoms with E-state index in [1.807, 2.05) is 36.2 Å². The molecule has 104 valence electrons. The van der Waals surface area contributed by atoms with Gasteiger partial charge in [-0.05, 0) is 36.5 Å². The lowest BCUT2D eigenvalue weighted by atomic mass is 9.85. The average Bonchev–Trinajstić information content (AvgIpc) is 2.37. The number of likely N-dealkylation sites (N-methyl/N-ethyl adjacent to an activating group) is 1. The maximum atomic E-state index is 12.1. The minimum Gasteiger partial charge on any atom is -0.497 e. The van der Waals surface area contributed by atoms with Gasteiger partial charge in [-0.2, -0.15) is 0 Å². The first-order valence-corrected chi connectivity index (χ1v) is 7.51. The van der Waals surface area contributed by atoms with E-state index in [0.29, 0.717) is 17.2 Å². The van der Waals surface area contributed by atoms with Gasteiger partial charge >= 0.3 is 0 Å². The Balaban J connectivity index is 1.85. The first-order valence-electron chi connectivity index (χ1n) is 6.59. The van der Waals surface area contributed by atoms with Crippen LogP contribution in [0, 0.1) is 5.92 Å². The molecule has 0 atom stereocenters. The quantitative estimate of drug-likeness (QED) is 0.779. The summed E-state index contributed by atoms with van der Waals surface area (Å²) in [6, 6.07) is 7.70. The molecule has 1 aliphatic rings. The van der Waals surface area contributed by atoms with E-state index in [1.165, 1.54) is 12.8 Å². The number of carbonyl (C=O) groups excluding carboxylic acids is 1. The van der Waals surface area contributed by atoms with Gasteiger partial charge < -0.3 is 9.64 Å². The molecule has 0 N–H and O–H groups in total. The molecular formula is C15H20BrNO2. The van der Waals surface area contributed by atoms with Crippen LogP contribution >= 0.6 is 15.9 Å². The van der Waals surface area contributed by atoms with Crippen molar-refractivity contribution in [3.8, 4) is 5.75 Å². The molecule has 1 aliphatic carbocycles. The van der Waals surface area contributed by atoms with Gasteiger partial charge in [-0.1, -0.05) is 28.1 Å². The molecule has 0 radical (unpaired) electrons. The summed E-state index contributed by atoms with van der Waals surface area (Å²) in [4.78, 5) is 14.6. The van der Waals surface area contributed by atoms with Crippen molar-refractivity contribution in [1.29, 1.82) is 0 Å². The van der Waals surface area contributed by atoms with Crippen LogP contribution in [0.15, 0.2) is 24.3 Å². The van der Waals surface area contributed by atoms with Gasteiger partial charge in [-0.25, -0.2) is 0 Å². The van der Waals surface area contributed by atoms with Crippen molar-refractivity contribution in [2.75, 3.05) is 20.7 Å². The third-order valence-corrected chi connectivity index (χ3v) is 4.37. The summed E-state index contributed by atoms with van der Waals surface area (Å²) in [5.74, 6) is 1.63. The van der Waals surface area contributed by atoms with Crippen LogP contribution < -0.4 is 4.74 Å². The van der Waals surface area contributed by atoms with E-state index in [2.05, 4.69) is 15.9 Å². The number of amides is 1. The molecule has 1 amide bonds. The zero-order valence-corrected chi connectivity index (χ0v) is 13.0. The summed E-state index contributed by atoms with van der Waals surface area (Å²) >= 11 is 3.58. The summed E-state index contributed by atoms with van der Waals surface area (Å²) in [5, 5.41) is 0. The molecule has 0 unspecified atom stereocenters. The Hall–Kier alpha value is -1.03. The molecule has 1 aromatic carbocycles. The van der Waals surface area contributed by atoms with Gasteiger partial charge in [0.15, 0.2) is 0 Å². The van der Waals surface area contributed by atoms with Crippen LogP contribution in [0.5, 0.6) is 5.75 Å². The van der Waals surface area contributed by atoms with E-state index in [0.717, 1.165) is 17.9 Å². The van der Waals surface area contributed by atoms with Gasteiger partial charge in [0, 0.05) is 18.4 Å². The topological polar surface area (TPSA) is 29.5 Å². The second-order valence-corrected chi connectivity index (χ2v) is 6.53. The smallest absolute Gasteiger partial charge is 0.226 e. The highest BCUT2D eigenvalue weighted by Crippen LogP contribution is 2.33. The Bertz CT molecular complexity index is 444. The normalized spacial score (nSPS) is 21.6. The summed E-state index contributed by atoms with van der Waals surface area (Å²) < 4.78 is 5.17. The van der Waals surface area contributed by atoms with E-state index >= 15 is 0 Å². The van der Waals surface area contributed by atoms with E-state index in [-0.39, 0.29) is 5.91 Å². The lowest BCUT2D eigenvalue weighted by molar-refractivity contribution is -0.130. The molecule has 0 aromatic heterocycles. The number of rotatable bonds is 5. The number of carbonyl (C=O) groups is 1. The Labute approximate surface area is 123 Å². The lowest BCUT2D eigenvalue weighted by Crippen LogP contribution is -2.38. The summed E-state index contributed by atoms with van der Waals surface area (Å²) in [6.45, 7) is 0.866. The predicted molar refractivity (Wildman–Crippen MR) is 79.8 cm³/mol. The molecule has 19 heavy (non-hydrogen) atoms. The van der Waals surface area contributed by atoms with Crippen LogP contribution in [-0.2, 0) is 11.2 Å². The number of alkyl halides is 1. The first kappa shape index (κ1) is 14.4. The minimum atomic E-state index is 0.172. The van der Waals surface area contributed by atoms with Gasteiger partial charge in [0.1, 0.15) is 5.75 Å². The molecule has 0 aliphatic heterocycles. The number of methoxy groups -OCH3 is 1. The number of halogens is 1. The number of benzene rings is 1. The lowest BCUT2D eigenvalue weighted by Gasteiger charge is -2.34. The van der Waals surface area contributed by atoms with Crippen molar-refractivity contribution in [2.45, 2.75) is 24.1 Å². The maximum absolute atomic E-state index is 12.1. The average molecular weight is 326 g/mol. The van der Waals surface area contributed by atoms with Crippen LogP contribution in [0.25, 0.3) is 0 Å². The fourth-order valence-electron chi connectivity index (χ4n) is 2.38. The summed E-state index contributed by atoms with van der Waals surface area (Å²) in [5.41, 5.74) is 1.00. The minimum absolute atomic E-state index is 0.172. The number of hydrogen-bond acceptors (Lipinski definition) is 2. The Morgan fingerprint density at radius 2 is 2.21 bits per heavy atom. The van der Waals surface area contributed by atoms with Crippen molar-refractivity contribution in [1.82, 2.24) is 4.90 Å². The van der Waals surface area contributed by atoms with Crippen LogP contribution in [0.4, 0.5) is 0 Å². The molecule has 1 saturated carbocycles. The third kappa shape index (κ3) is 3.96. The van der Waals surface area contributed by atoms with Gasteiger partial charge in [-0.15, -0.1) is 0 Å². The van der Waals surface area contributed by atoms with Crippen molar-refractivity contribution < 1.29 is 9.53 Å². The number of nitrogens with zero attached hydrogens (tertiary/aromatic N) is 1. The SMILES string of the molecule is COc1cccc(CC(=O)N(C)CC2CC(Br)C2)c1. The summed E-state index contributed by atoms with van der Waals surface area (Å²) in [7, 11) is 3.53. The molecular weight excluding hydrogens is 306 g/mol. The van der Waals surface area contributed by atoms with Gasteiger partial charge in [0.05, 0.1) is 13.5 Å². The zero-order chi connectivity index (χ0) is 13.8. The van der Waals surface area contributed by atoms with Crippen molar-refractivity contribution in [3.05, 3.63) is 29.8 Å². The highest BCUT2D eigenvalue weighted by atomic mass is 79.9. The molecule has 4 heteroatoms. The Morgan fingerprint density at radius 3 is 2.84 bits per heavy atom. The van der Waals surface area contributed by atoms with Gasteiger partial charge in [0.25, 0.3) is 0 Å². The van der Waals surface area contributed by atoms with E-state index in [9.17, 15) is 4.79 Å². The molecule has 3 nitrogen and oxygen atoms in total. The van der Waals surface area contributed by atoms with Crippen LogP contribution in [-0.4, -0.2) is 36.3 Å². The maximum Gasteiger partial charge on any atom is 0.226 e. The highest BCUT2D eigenvalue weighted by Gasteiger charge is 2.28. The van der Waals surface area contributed by atoms with E-state index in [4.69, 9.17) is 4.74 Å². The zero-order valence-electron chi connectivity index (χ0n) is 11.4. The van der Waals surface area contributed by atoms with E-state index < -0.39 is 0 Å². The number of hydrogen-bond donors (Lipinski definition) is 0. The fourth-order valence-corrected chi connectivity index (χ4v) is 3.44. The van der Waals surface area contributed by atoms with Crippen LogP contribution in [0.2, 0.25) is 0 Å². The number of ether oxygens (including phenoxy) is 1. The highest BCUT2D eigenvalue weighted by molar-refractivity contribution is 9.09. The van der Waals surface area contributed by atoms with Gasteiger partial charge in [0.2, 0.25) is 5.91 Å². The largest absolute Gasteiger partial charge is 0.497 e. The predicted octanol–water partition coefficient (Wildman–Crippen LogP) is 2.87. The van der Waals surface area contributed by atoms with Crippen LogP contribution in [0.3, 0.4) is 0 Å². The molecule has 0 saturated heterocycles. The summed E-state index contributed by atoms with van der Waals surface area (Å²) in [6.07, 6.45) is 2.80. The van der Waals surface area contributed by atoms with Crippen LogP contribution in [0.1, 0.15) is 18.4 Å². The van der Waals surface area contributed by atoms with Crippen molar-refractivity contribution in [3.63, 3.8) is 0 Å². The molecule has 2 rings (SSSR count). The molecule has 1 aromatic rings. The standard InChI is InChI=1S/C15H20BrNO2/c1-17(10-12-6-13(16)7-12)15(18)9-11-4-3-5-14(8-11)19-2/h3-5,8,12-13H,6-7,9-10H2,1-2H3. The van der Waals surface area contributed by atoms with Gasteiger partial charge in [-0.3, -0.25) is 4.79 Å². The fraction of sp³-hybridized carbons (Fsp3) is 0.533. The Morgan fingerprint density at radius 1 is 1.47 bits per heavy atom. The van der Waals surface area contributed by atoms with Crippen molar-refractivity contribution in [2.24, 2.45) is 5.92 Å². The first-order chi connectivity index (χ1) is 9.08. The second-order valence-electron chi connectivity index (χ2n) is 5.24. The Kier molecular flexibility index (Phi) is 4.86.